The van der Waals surface area contributed by atoms with Gasteiger partial charge in [0.25, 0.3) is 5.91 Å². The molecular formula is C20H23NO3S. The number of thiophene rings is 1. The molecule has 0 bridgehead atoms. The van der Waals surface area contributed by atoms with Gasteiger partial charge in [0.2, 0.25) is 0 Å². The van der Waals surface area contributed by atoms with E-state index in [2.05, 4.69) is 0 Å². The van der Waals surface area contributed by atoms with Gasteiger partial charge >= 0.3 is 0 Å². The van der Waals surface area contributed by atoms with Gasteiger partial charge in [-0.1, -0.05) is 26.0 Å². The van der Waals surface area contributed by atoms with Crippen LogP contribution in [0.2, 0.25) is 0 Å². The second kappa shape index (κ2) is 7.50. The van der Waals surface area contributed by atoms with Crippen molar-refractivity contribution in [1.82, 2.24) is 4.90 Å². The highest BCUT2D eigenvalue weighted by molar-refractivity contribution is 7.17. The zero-order valence-electron chi connectivity index (χ0n) is 14.6. The summed E-state index contributed by atoms with van der Waals surface area (Å²) >= 11 is 1.47. The van der Waals surface area contributed by atoms with Crippen molar-refractivity contribution in [3.63, 3.8) is 0 Å². The third-order valence-corrected chi connectivity index (χ3v) is 5.76. The van der Waals surface area contributed by atoms with E-state index in [1.54, 1.807) is 4.90 Å². The molecule has 0 saturated carbocycles. The van der Waals surface area contributed by atoms with Gasteiger partial charge in [-0.3, -0.25) is 9.59 Å². The van der Waals surface area contributed by atoms with Crippen molar-refractivity contribution in [3.8, 4) is 10.4 Å². The largest absolute Gasteiger partial charge is 0.394 e. The minimum absolute atomic E-state index is 0.0109. The quantitative estimate of drug-likeness (QED) is 0.827. The lowest BCUT2D eigenvalue weighted by Gasteiger charge is -2.23. The first-order valence-electron chi connectivity index (χ1n) is 8.67. The zero-order valence-corrected chi connectivity index (χ0v) is 15.4. The maximum atomic E-state index is 12.8. The van der Waals surface area contributed by atoms with Crippen LogP contribution in [0.15, 0.2) is 36.4 Å². The van der Waals surface area contributed by atoms with Gasteiger partial charge in [-0.2, -0.15) is 0 Å². The second-order valence-corrected chi connectivity index (χ2v) is 7.82. The van der Waals surface area contributed by atoms with Gasteiger partial charge in [0.15, 0.2) is 5.78 Å². The van der Waals surface area contributed by atoms with E-state index in [0.717, 1.165) is 28.2 Å². The molecule has 1 aliphatic heterocycles. The van der Waals surface area contributed by atoms with E-state index < -0.39 is 0 Å². The van der Waals surface area contributed by atoms with Crippen LogP contribution in [0.1, 0.15) is 46.7 Å². The molecule has 1 aliphatic rings. The highest BCUT2D eigenvalue weighted by atomic mass is 32.1. The minimum Gasteiger partial charge on any atom is -0.394 e. The highest BCUT2D eigenvalue weighted by Gasteiger charge is 2.28. The van der Waals surface area contributed by atoms with Gasteiger partial charge in [0.1, 0.15) is 0 Å². The number of hydrogen-bond acceptors (Lipinski definition) is 4. The van der Waals surface area contributed by atoms with Crippen LogP contribution in [-0.4, -0.2) is 40.9 Å². The summed E-state index contributed by atoms with van der Waals surface area (Å²) in [5.41, 5.74) is 1.57. The molecule has 0 aliphatic carbocycles. The van der Waals surface area contributed by atoms with Crippen LogP contribution in [0.4, 0.5) is 0 Å². The summed E-state index contributed by atoms with van der Waals surface area (Å²) in [4.78, 5) is 28.4. The van der Waals surface area contributed by atoms with Crippen molar-refractivity contribution in [2.75, 3.05) is 13.2 Å². The van der Waals surface area contributed by atoms with Crippen molar-refractivity contribution in [1.29, 1.82) is 0 Å². The van der Waals surface area contributed by atoms with Gasteiger partial charge in [0.05, 0.1) is 17.5 Å². The number of carbonyl (C=O) groups is 2. The maximum Gasteiger partial charge on any atom is 0.254 e. The Balaban J connectivity index is 1.85. The van der Waals surface area contributed by atoms with Gasteiger partial charge in [-0.15, -0.1) is 11.3 Å². The second-order valence-electron chi connectivity index (χ2n) is 6.74. The van der Waals surface area contributed by atoms with E-state index >= 15 is 0 Å². The fraction of sp³-hybridized carbons (Fsp3) is 0.400. The van der Waals surface area contributed by atoms with Crippen molar-refractivity contribution in [3.05, 3.63) is 46.8 Å². The number of rotatable bonds is 5. The maximum absolute atomic E-state index is 12.8. The number of amides is 1. The third-order valence-electron chi connectivity index (χ3n) is 4.62. The average Bonchev–Trinajstić information content (AvgIpc) is 3.29. The van der Waals surface area contributed by atoms with E-state index in [4.69, 9.17) is 0 Å². The van der Waals surface area contributed by atoms with Crippen molar-refractivity contribution in [2.45, 2.75) is 32.7 Å². The first-order valence-corrected chi connectivity index (χ1v) is 9.49. The molecule has 1 N–H and O–H groups in total. The Hall–Kier alpha value is -1.98. The summed E-state index contributed by atoms with van der Waals surface area (Å²) in [7, 11) is 0. The van der Waals surface area contributed by atoms with Crippen LogP contribution < -0.4 is 0 Å². The van der Waals surface area contributed by atoms with Crippen LogP contribution in [0.3, 0.4) is 0 Å². The number of benzene rings is 1. The lowest BCUT2D eigenvalue weighted by Crippen LogP contribution is -2.37. The van der Waals surface area contributed by atoms with Crippen LogP contribution in [0, 0.1) is 5.92 Å². The van der Waals surface area contributed by atoms with Crippen molar-refractivity contribution in [2.24, 2.45) is 5.92 Å². The zero-order chi connectivity index (χ0) is 18.0. The standard InChI is InChI=1S/C20H23NO3S/c1-13(2)19(23)18-9-8-17(25-18)14-5-3-6-15(11-14)20(24)21-10-4-7-16(21)12-22/h3,5-6,8-9,11,13,16,22H,4,7,10,12H2,1-2H3. The molecule has 3 rings (SSSR count). The Morgan fingerprint density at radius 3 is 2.80 bits per heavy atom. The van der Waals surface area contributed by atoms with Crippen LogP contribution >= 0.6 is 11.3 Å². The summed E-state index contributed by atoms with van der Waals surface area (Å²) in [6.07, 6.45) is 1.79. The molecule has 1 aromatic heterocycles. The molecule has 0 radical (unpaired) electrons. The fourth-order valence-corrected chi connectivity index (χ4v) is 4.26. The van der Waals surface area contributed by atoms with E-state index in [0.29, 0.717) is 12.1 Å². The minimum atomic E-state index is -0.0758. The summed E-state index contributed by atoms with van der Waals surface area (Å²) in [5.74, 6) is 0.0877. The molecule has 2 aromatic rings. The number of Topliss-reactive ketones (excluding diaryl/α,β-unsaturated/α-hetero) is 1. The van der Waals surface area contributed by atoms with Crippen molar-refractivity contribution >= 4 is 23.0 Å². The first-order chi connectivity index (χ1) is 12.0. The molecule has 1 aromatic carbocycles. The predicted octanol–water partition coefficient (Wildman–Crippen LogP) is 3.85. The normalized spacial score (nSPS) is 17.3. The van der Waals surface area contributed by atoms with Crippen LogP contribution in [0.5, 0.6) is 0 Å². The highest BCUT2D eigenvalue weighted by Crippen LogP contribution is 2.30. The van der Waals surface area contributed by atoms with Gasteiger partial charge in [-0.05, 0) is 42.7 Å². The number of aliphatic hydroxyl groups excluding tert-OH is 1. The third kappa shape index (κ3) is 3.67. The molecule has 1 fully saturated rings. The Morgan fingerprint density at radius 1 is 1.28 bits per heavy atom. The topological polar surface area (TPSA) is 57.6 Å². The lowest BCUT2D eigenvalue weighted by molar-refractivity contribution is 0.0677. The molecule has 4 nitrogen and oxygen atoms in total. The molecule has 25 heavy (non-hydrogen) atoms. The molecule has 1 unspecified atom stereocenters. The Labute approximate surface area is 152 Å². The molecule has 2 heterocycles. The Morgan fingerprint density at radius 2 is 2.08 bits per heavy atom. The summed E-state index contributed by atoms with van der Waals surface area (Å²) in [6.45, 7) is 4.50. The lowest BCUT2D eigenvalue weighted by atomic mass is 10.1. The number of aliphatic hydroxyl groups is 1. The number of carbonyl (C=O) groups excluding carboxylic acids is 2. The van der Waals surface area contributed by atoms with Crippen LogP contribution in [0.25, 0.3) is 10.4 Å². The van der Waals surface area contributed by atoms with E-state index in [9.17, 15) is 14.7 Å². The fourth-order valence-electron chi connectivity index (χ4n) is 3.17. The summed E-state index contributed by atoms with van der Waals surface area (Å²) in [6, 6.07) is 11.2. The molecule has 5 heteroatoms. The summed E-state index contributed by atoms with van der Waals surface area (Å²) in [5, 5.41) is 9.44. The first kappa shape index (κ1) is 17.8. The molecule has 132 valence electrons. The average molecular weight is 357 g/mol. The number of nitrogens with zero attached hydrogens (tertiary/aromatic N) is 1. The van der Waals surface area contributed by atoms with Gasteiger partial charge < -0.3 is 10.0 Å². The smallest absolute Gasteiger partial charge is 0.254 e. The molecule has 1 saturated heterocycles. The molecule has 1 amide bonds. The van der Waals surface area contributed by atoms with E-state index in [1.165, 1.54) is 11.3 Å². The van der Waals surface area contributed by atoms with E-state index in [-0.39, 0.29) is 30.3 Å². The molecule has 1 atom stereocenters. The van der Waals surface area contributed by atoms with E-state index in [1.807, 2.05) is 50.2 Å². The van der Waals surface area contributed by atoms with Crippen LogP contribution in [-0.2, 0) is 0 Å². The molecule has 0 spiro atoms. The summed E-state index contributed by atoms with van der Waals surface area (Å²) < 4.78 is 0. The van der Waals surface area contributed by atoms with Crippen molar-refractivity contribution < 1.29 is 14.7 Å². The SMILES string of the molecule is CC(C)C(=O)c1ccc(-c2cccc(C(=O)N3CCCC3CO)c2)s1. The number of likely N-dealkylation sites (tertiary alicyclic amines) is 1. The monoisotopic (exact) mass is 357 g/mol. The molecular weight excluding hydrogens is 334 g/mol. The number of ketones is 1. The number of hydrogen-bond donors (Lipinski definition) is 1. The predicted molar refractivity (Wildman–Crippen MR) is 100 cm³/mol. The Kier molecular flexibility index (Phi) is 5.35. The Bertz CT molecular complexity index is 781. The van der Waals surface area contributed by atoms with Gasteiger partial charge in [-0.25, -0.2) is 0 Å². The van der Waals surface area contributed by atoms with Gasteiger partial charge in [0, 0.05) is 22.9 Å².